The summed E-state index contributed by atoms with van der Waals surface area (Å²) in [4.78, 5) is 21.3. The van der Waals surface area contributed by atoms with Gasteiger partial charge in [0, 0.05) is 70.3 Å². The monoisotopic (exact) mass is 514 g/mol. The summed E-state index contributed by atoms with van der Waals surface area (Å²) in [6.07, 6.45) is 7.38. The molecular weight excluding hydrogens is 480 g/mol. The molecule has 1 aromatic carbocycles. The number of amides is 1. The zero-order valence-corrected chi connectivity index (χ0v) is 21.7. The van der Waals surface area contributed by atoms with Crippen LogP contribution in [0.2, 0.25) is 0 Å². The Morgan fingerprint density at radius 3 is 2.71 bits per heavy atom. The van der Waals surface area contributed by atoms with Crippen molar-refractivity contribution in [3.05, 3.63) is 29.8 Å². The Morgan fingerprint density at radius 1 is 1.17 bits per heavy atom. The minimum absolute atomic E-state index is 0.110. The molecule has 1 aliphatic carbocycles. The van der Waals surface area contributed by atoms with Gasteiger partial charge in [-0.05, 0) is 42.5 Å². The molecule has 7 nitrogen and oxygen atoms in total. The van der Waals surface area contributed by atoms with Crippen LogP contribution in [-0.4, -0.2) is 93.9 Å². The second kappa shape index (κ2) is 10.4. The highest BCUT2D eigenvalue weighted by atomic mass is 32.2. The van der Waals surface area contributed by atoms with Crippen LogP contribution < -0.4 is 4.74 Å². The molecule has 188 valence electrons. The number of aliphatic hydroxyl groups excluding tert-OH is 1. The molecule has 3 fully saturated rings. The van der Waals surface area contributed by atoms with Gasteiger partial charge in [-0.25, -0.2) is 9.29 Å². The molecule has 0 bridgehead atoms. The fourth-order valence-electron chi connectivity index (χ4n) is 5.13. The SMILES string of the molecule is O=C(C1CC1)N1CCC(Oc2nc3ccc(C4=CCN(SCCN5CC(O)C5)CC4)cc3s2)CC1. The van der Waals surface area contributed by atoms with Crippen LogP contribution in [0, 0.1) is 5.92 Å². The van der Waals surface area contributed by atoms with E-state index in [1.54, 1.807) is 11.3 Å². The first-order valence-electron chi connectivity index (χ1n) is 12.9. The fraction of sp³-hybridized carbons (Fsp3) is 0.615. The molecule has 1 aromatic heterocycles. The molecule has 4 heterocycles. The van der Waals surface area contributed by atoms with Crippen molar-refractivity contribution in [2.45, 2.75) is 44.3 Å². The number of likely N-dealkylation sites (tertiary alicyclic amines) is 2. The Bertz CT molecular complexity index is 1090. The molecule has 4 aliphatic rings. The summed E-state index contributed by atoms with van der Waals surface area (Å²) in [5, 5.41) is 10.1. The van der Waals surface area contributed by atoms with Crippen molar-refractivity contribution in [3.63, 3.8) is 0 Å². The number of carbonyl (C=O) groups is 1. The average molecular weight is 515 g/mol. The average Bonchev–Trinajstić information content (AvgIpc) is 3.63. The summed E-state index contributed by atoms with van der Waals surface area (Å²) in [6.45, 7) is 6.37. The predicted molar refractivity (Wildman–Crippen MR) is 142 cm³/mol. The standard InChI is InChI=1S/C26H34N4O3S2/c31-21-16-28(17-21)13-14-34-30-11-5-18(6-12-30)20-3-4-23-24(15-20)35-26(27-23)33-22-7-9-29(10-8-22)25(32)19-1-2-19/h3-5,15,19,21-22,31H,1-2,6-14,16-17H2. The molecule has 0 unspecified atom stereocenters. The summed E-state index contributed by atoms with van der Waals surface area (Å²) in [5.41, 5.74) is 3.71. The molecule has 0 spiro atoms. The van der Waals surface area contributed by atoms with Gasteiger partial charge in [0.2, 0.25) is 5.91 Å². The van der Waals surface area contributed by atoms with Crippen LogP contribution in [0.25, 0.3) is 15.8 Å². The fourth-order valence-corrected chi connectivity index (χ4v) is 7.05. The maximum absolute atomic E-state index is 12.3. The minimum atomic E-state index is -0.110. The number of benzene rings is 1. The van der Waals surface area contributed by atoms with Gasteiger partial charge in [0.1, 0.15) is 6.10 Å². The summed E-state index contributed by atoms with van der Waals surface area (Å²) in [7, 11) is 0. The number of ether oxygens (including phenoxy) is 1. The van der Waals surface area contributed by atoms with Crippen LogP contribution in [0.3, 0.4) is 0 Å². The number of carbonyl (C=O) groups excluding carboxylic acids is 1. The lowest BCUT2D eigenvalue weighted by Gasteiger charge is -2.36. The van der Waals surface area contributed by atoms with Gasteiger partial charge in [0.15, 0.2) is 0 Å². The maximum atomic E-state index is 12.3. The molecule has 0 atom stereocenters. The highest BCUT2D eigenvalue weighted by Gasteiger charge is 2.35. The van der Waals surface area contributed by atoms with Crippen LogP contribution in [0.5, 0.6) is 5.19 Å². The lowest BCUT2D eigenvalue weighted by atomic mass is 10.0. The van der Waals surface area contributed by atoms with Gasteiger partial charge in [-0.3, -0.25) is 9.69 Å². The number of hydrogen-bond donors (Lipinski definition) is 1. The topological polar surface area (TPSA) is 69.1 Å². The van der Waals surface area contributed by atoms with Gasteiger partial charge in [-0.15, -0.1) is 0 Å². The molecule has 0 radical (unpaired) electrons. The zero-order valence-electron chi connectivity index (χ0n) is 20.1. The summed E-state index contributed by atoms with van der Waals surface area (Å²) >= 11 is 3.56. The van der Waals surface area contributed by atoms with Crippen LogP contribution in [0.15, 0.2) is 24.3 Å². The number of nitrogens with zero attached hydrogens (tertiary/aromatic N) is 4. The molecule has 6 rings (SSSR count). The van der Waals surface area contributed by atoms with Crippen molar-refractivity contribution >= 4 is 45.0 Å². The quantitative estimate of drug-likeness (QED) is 0.541. The van der Waals surface area contributed by atoms with E-state index in [2.05, 4.69) is 33.5 Å². The summed E-state index contributed by atoms with van der Waals surface area (Å²) < 4.78 is 9.86. The Morgan fingerprint density at radius 2 is 2.00 bits per heavy atom. The second-order valence-corrected chi connectivity index (χ2v) is 12.4. The number of rotatable bonds is 8. The highest BCUT2D eigenvalue weighted by Crippen LogP contribution is 2.35. The number of thiazole rings is 1. The Hall–Kier alpha value is -1.65. The van der Waals surface area contributed by atoms with Crippen molar-refractivity contribution in [1.82, 2.24) is 19.1 Å². The first-order valence-corrected chi connectivity index (χ1v) is 14.7. The largest absolute Gasteiger partial charge is 0.467 e. The maximum Gasteiger partial charge on any atom is 0.274 e. The van der Waals surface area contributed by atoms with Crippen LogP contribution in [-0.2, 0) is 4.79 Å². The van der Waals surface area contributed by atoms with Crippen molar-refractivity contribution in [3.8, 4) is 5.19 Å². The number of aliphatic hydroxyl groups is 1. The first-order chi connectivity index (χ1) is 17.1. The number of fused-ring (bicyclic) bond motifs is 1. The first kappa shape index (κ1) is 23.7. The number of aromatic nitrogens is 1. The van der Waals surface area contributed by atoms with E-state index in [9.17, 15) is 9.90 Å². The summed E-state index contributed by atoms with van der Waals surface area (Å²) in [6, 6.07) is 6.58. The van der Waals surface area contributed by atoms with E-state index >= 15 is 0 Å². The molecule has 2 aromatic rings. The third-order valence-corrected chi connectivity index (χ3v) is 9.45. The molecule has 2 saturated heterocycles. The third-order valence-electron chi connectivity index (χ3n) is 7.48. The van der Waals surface area contributed by atoms with Crippen LogP contribution >= 0.6 is 23.3 Å². The molecule has 3 aliphatic heterocycles. The van der Waals surface area contributed by atoms with Crippen molar-refractivity contribution in [1.29, 1.82) is 0 Å². The van der Waals surface area contributed by atoms with Gasteiger partial charge in [0.05, 0.1) is 16.3 Å². The van der Waals surface area contributed by atoms with Gasteiger partial charge in [0.25, 0.3) is 5.19 Å². The Labute approximate surface area is 215 Å². The predicted octanol–water partition coefficient (Wildman–Crippen LogP) is 3.49. The number of piperidine rings is 1. The van der Waals surface area contributed by atoms with E-state index in [0.29, 0.717) is 11.8 Å². The van der Waals surface area contributed by atoms with Crippen LogP contribution in [0.4, 0.5) is 0 Å². The molecule has 9 heteroatoms. The summed E-state index contributed by atoms with van der Waals surface area (Å²) in [5.74, 6) is 1.74. The number of β-amino-alcohol motifs (C(OH)–C–C–N with tert-alkyl or cyclic N) is 1. The molecule has 1 saturated carbocycles. The molecule has 1 N–H and O–H groups in total. The van der Waals surface area contributed by atoms with Crippen molar-refractivity contribution in [2.75, 3.05) is 51.6 Å². The van der Waals surface area contributed by atoms with E-state index in [1.807, 2.05) is 16.8 Å². The van der Waals surface area contributed by atoms with Crippen molar-refractivity contribution < 1.29 is 14.6 Å². The van der Waals surface area contributed by atoms with Crippen LogP contribution in [0.1, 0.15) is 37.7 Å². The van der Waals surface area contributed by atoms with E-state index < -0.39 is 0 Å². The minimum Gasteiger partial charge on any atom is -0.467 e. The van der Waals surface area contributed by atoms with E-state index in [-0.39, 0.29) is 12.2 Å². The van der Waals surface area contributed by atoms with E-state index in [4.69, 9.17) is 9.72 Å². The molecule has 1 amide bonds. The van der Waals surface area contributed by atoms with E-state index in [0.717, 1.165) is 94.4 Å². The van der Waals surface area contributed by atoms with E-state index in [1.165, 1.54) is 15.8 Å². The van der Waals surface area contributed by atoms with Gasteiger partial charge < -0.3 is 14.7 Å². The Balaban J connectivity index is 1.00. The third kappa shape index (κ3) is 5.69. The second-order valence-electron chi connectivity index (χ2n) is 10.2. The normalized spacial score (nSPS) is 22.9. The van der Waals surface area contributed by atoms with Gasteiger partial charge >= 0.3 is 0 Å². The van der Waals surface area contributed by atoms with Gasteiger partial charge in [-0.1, -0.05) is 35.4 Å². The lowest BCUT2D eigenvalue weighted by Crippen LogP contribution is -2.51. The molecular formula is C26H34N4O3S2. The molecule has 35 heavy (non-hydrogen) atoms. The highest BCUT2D eigenvalue weighted by molar-refractivity contribution is 7.97. The zero-order chi connectivity index (χ0) is 23.8. The van der Waals surface area contributed by atoms with Gasteiger partial charge in [-0.2, -0.15) is 0 Å². The number of hydrogen-bond acceptors (Lipinski definition) is 8. The Kier molecular flexibility index (Phi) is 7.04. The lowest BCUT2D eigenvalue weighted by molar-refractivity contribution is -0.134. The van der Waals surface area contributed by atoms with Crippen molar-refractivity contribution in [2.24, 2.45) is 5.92 Å². The smallest absolute Gasteiger partial charge is 0.274 e.